The minimum atomic E-state index is -0.145. The number of hydrogen-bond donors (Lipinski definition) is 2. The summed E-state index contributed by atoms with van der Waals surface area (Å²) in [4.78, 5) is 14.2. The summed E-state index contributed by atoms with van der Waals surface area (Å²) in [6.07, 6.45) is 2.06. The predicted octanol–water partition coefficient (Wildman–Crippen LogP) is 3.26. The quantitative estimate of drug-likeness (QED) is 0.832. The molecular formula is C18H21N3O. The van der Waals surface area contributed by atoms with Gasteiger partial charge in [-0.2, -0.15) is 0 Å². The van der Waals surface area contributed by atoms with Crippen LogP contribution in [0.1, 0.15) is 12.0 Å². The number of carbonyl (C=O) groups is 1. The lowest BCUT2D eigenvalue weighted by molar-refractivity contribution is 0.252. The Morgan fingerprint density at radius 1 is 1.05 bits per heavy atom. The van der Waals surface area contributed by atoms with Crippen molar-refractivity contribution in [3.8, 4) is 0 Å². The van der Waals surface area contributed by atoms with Gasteiger partial charge in [-0.15, -0.1) is 0 Å². The molecule has 1 aliphatic heterocycles. The highest BCUT2D eigenvalue weighted by molar-refractivity contribution is 5.89. The van der Waals surface area contributed by atoms with E-state index in [4.69, 9.17) is 0 Å². The van der Waals surface area contributed by atoms with Crippen molar-refractivity contribution in [3.63, 3.8) is 0 Å². The van der Waals surface area contributed by atoms with Crippen LogP contribution in [0.5, 0.6) is 0 Å². The number of anilines is 2. The number of para-hydroxylation sites is 2. The van der Waals surface area contributed by atoms with Crippen molar-refractivity contribution < 1.29 is 4.79 Å². The van der Waals surface area contributed by atoms with Crippen LogP contribution in [-0.4, -0.2) is 25.7 Å². The Morgan fingerprint density at radius 2 is 1.82 bits per heavy atom. The Morgan fingerprint density at radius 3 is 2.68 bits per heavy atom. The maximum atomic E-state index is 11.8. The van der Waals surface area contributed by atoms with Crippen molar-refractivity contribution in [2.24, 2.45) is 0 Å². The molecular weight excluding hydrogens is 274 g/mol. The standard InChI is InChI=1S/C18H21N3O/c22-18(20-16-8-2-1-3-9-16)19-12-6-13-21-14-11-15-7-4-5-10-17(15)21/h1-5,7-10H,6,11-14H2,(H2,19,20,22). The van der Waals surface area contributed by atoms with E-state index in [0.29, 0.717) is 6.54 Å². The van der Waals surface area contributed by atoms with Gasteiger partial charge in [-0.1, -0.05) is 36.4 Å². The predicted molar refractivity (Wildman–Crippen MR) is 90.4 cm³/mol. The molecule has 2 amide bonds. The molecule has 1 heterocycles. The van der Waals surface area contributed by atoms with E-state index in [1.165, 1.54) is 11.3 Å². The van der Waals surface area contributed by atoms with E-state index in [-0.39, 0.29) is 6.03 Å². The highest BCUT2D eigenvalue weighted by Gasteiger charge is 2.17. The Bertz CT molecular complexity index is 627. The third kappa shape index (κ3) is 3.58. The molecule has 1 aliphatic rings. The molecule has 0 atom stereocenters. The second-order valence-electron chi connectivity index (χ2n) is 5.47. The first kappa shape index (κ1) is 14.4. The molecule has 0 aliphatic carbocycles. The van der Waals surface area contributed by atoms with Crippen molar-refractivity contribution >= 4 is 17.4 Å². The van der Waals surface area contributed by atoms with Gasteiger partial charge in [0.2, 0.25) is 0 Å². The Hall–Kier alpha value is -2.49. The molecule has 114 valence electrons. The molecule has 0 unspecified atom stereocenters. The molecule has 22 heavy (non-hydrogen) atoms. The van der Waals surface area contributed by atoms with Gasteiger partial charge in [0.05, 0.1) is 0 Å². The van der Waals surface area contributed by atoms with Gasteiger partial charge in [0.1, 0.15) is 0 Å². The van der Waals surface area contributed by atoms with Crippen molar-refractivity contribution in [1.82, 2.24) is 5.32 Å². The first-order valence-electron chi connectivity index (χ1n) is 7.76. The molecule has 0 aromatic heterocycles. The summed E-state index contributed by atoms with van der Waals surface area (Å²) >= 11 is 0. The number of amides is 2. The molecule has 4 nitrogen and oxygen atoms in total. The molecule has 0 radical (unpaired) electrons. The summed E-state index contributed by atoms with van der Waals surface area (Å²) in [5, 5.41) is 5.72. The molecule has 0 spiro atoms. The minimum absolute atomic E-state index is 0.145. The van der Waals surface area contributed by atoms with Crippen LogP contribution in [0, 0.1) is 0 Å². The van der Waals surface area contributed by atoms with Gasteiger partial charge in [0.15, 0.2) is 0 Å². The van der Waals surface area contributed by atoms with Crippen LogP contribution in [0.4, 0.5) is 16.2 Å². The van der Waals surface area contributed by atoms with Crippen LogP contribution < -0.4 is 15.5 Å². The van der Waals surface area contributed by atoms with Gasteiger partial charge in [-0.05, 0) is 36.6 Å². The van der Waals surface area contributed by atoms with Gasteiger partial charge in [0, 0.05) is 31.0 Å². The number of fused-ring (bicyclic) bond motifs is 1. The number of nitrogens with zero attached hydrogens (tertiary/aromatic N) is 1. The van der Waals surface area contributed by atoms with Crippen molar-refractivity contribution in [3.05, 3.63) is 60.2 Å². The molecule has 0 saturated heterocycles. The fraction of sp³-hybridized carbons (Fsp3) is 0.278. The van der Waals surface area contributed by atoms with Crippen molar-refractivity contribution in [1.29, 1.82) is 0 Å². The summed E-state index contributed by atoms with van der Waals surface area (Å²) in [6.45, 7) is 2.73. The lowest BCUT2D eigenvalue weighted by atomic mass is 10.2. The van der Waals surface area contributed by atoms with E-state index in [0.717, 1.165) is 31.6 Å². The maximum absolute atomic E-state index is 11.8. The summed E-state index contributed by atoms with van der Waals surface area (Å²) in [5.41, 5.74) is 3.59. The topological polar surface area (TPSA) is 44.4 Å². The SMILES string of the molecule is O=C(NCCCN1CCc2ccccc21)Nc1ccccc1. The summed E-state index contributed by atoms with van der Waals surface area (Å²) in [5.74, 6) is 0. The van der Waals surface area contributed by atoms with E-state index in [2.05, 4.69) is 39.8 Å². The molecule has 2 N–H and O–H groups in total. The lowest BCUT2D eigenvalue weighted by Crippen LogP contribution is -2.32. The first-order valence-corrected chi connectivity index (χ1v) is 7.76. The van der Waals surface area contributed by atoms with Gasteiger partial charge in [-0.25, -0.2) is 4.79 Å². The number of benzene rings is 2. The molecule has 2 aromatic rings. The molecule has 2 aromatic carbocycles. The zero-order valence-electron chi connectivity index (χ0n) is 12.6. The third-order valence-electron chi connectivity index (χ3n) is 3.91. The van der Waals surface area contributed by atoms with Crippen LogP contribution in [0.25, 0.3) is 0 Å². The number of urea groups is 1. The van der Waals surface area contributed by atoms with Crippen molar-refractivity contribution in [2.75, 3.05) is 29.9 Å². The summed E-state index contributed by atoms with van der Waals surface area (Å²) in [6, 6.07) is 17.9. The third-order valence-corrected chi connectivity index (χ3v) is 3.91. The largest absolute Gasteiger partial charge is 0.371 e. The Kier molecular flexibility index (Phi) is 4.59. The highest BCUT2D eigenvalue weighted by atomic mass is 16.2. The van der Waals surface area contributed by atoms with E-state index >= 15 is 0 Å². The van der Waals surface area contributed by atoms with Crippen LogP contribution in [0.15, 0.2) is 54.6 Å². The molecule has 4 heteroatoms. The van der Waals surface area contributed by atoms with Gasteiger partial charge >= 0.3 is 6.03 Å². The van der Waals surface area contributed by atoms with E-state index in [1.807, 2.05) is 30.3 Å². The zero-order chi connectivity index (χ0) is 15.2. The smallest absolute Gasteiger partial charge is 0.319 e. The second kappa shape index (κ2) is 6.98. The van der Waals surface area contributed by atoms with Gasteiger partial charge < -0.3 is 15.5 Å². The lowest BCUT2D eigenvalue weighted by Gasteiger charge is -2.19. The minimum Gasteiger partial charge on any atom is -0.371 e. The van der Waals surface area contributed by atoms with E-state index in [1.54, 1.807) is 0 Å². The molecule has 0 saturated carbocycles. The van der Waals surface area contributed by atoms with Crippen LogP contribution in [-0.2, 0) is 6.42 Å². The average Bonchev–Trinajstić information content (AvgIpc) is 2.96. The van der Waals surface area contributed by atoms with E-state index in [9.17, 15) is 4.79 Å². The zero-order valence-corrected chi connectivity index (χ0v) is 12.6. The number of hydrogen-bond acceptors (Lipinski definition) is 2. The number of nitrogens with one attached hydrogen (secondary N) is 2. The number of rotatable bonds is 5. The van der Waals surface area contributed by atoms with E-state index < -0.39 is 0 Å². The molecule has 0 bridgehead atoms. The fourth-order valence-electron chi connectivity index (χ4n) is 2.81. The first-order chi connectivity index (χ1) is 10.8. The average molecular weight is 295 g/mol. The molecule has 3 rings (SSSR count). The van der Waals surface area contributed by atoms with Gasteiger partial charge in [0.25, 0.3) is 0 Å². The maximum Gasteiger partial charge on any atom is 0.319 e. The van der Waals surface area contributed by atoms with Crippen molar-refractivity contribution in [2.45, 2.75) is 12.8 Å². The normalized spacial score (nSPS) is 12.8. The van der Waals surface area contributed by atoms with Gasteiger partial charge in [-0.3, -0.25) is 0 Å². The highest BCUT2D eigenvalue weighted by Crippen LogP contribution is 2.27. The fourth-order valence-corrected chi connectivity index (χ4v) is 2.81. The van der Waals surface area contributed by atoms with Crippen LogP contribution in [0.3, 0.4) is 0 Å². The Balaban J connectivity index is 1.39. The van der Waals surface area contributed by atoms with Crippen LogP contribution >= 0.6 is 0 Å². The van der Waals surface area contributed by atoms with Crippen LogP contribution in [0.2, 0.25) is 0 Å². The number of carbonyl (C=O) groups excluding carboxylic acids is 1. The monoisotopic (exact) mass is 295 g/mol. The summed E-state index contributed by atoms with van der Waals surface area (Å²) < 4.78 is 0. The molecule has 0 fully saturated rings. The summed E-state index contributed by atoms with van der Waals surface area (Å²) in [7, 11) is 0. The second-order valence-corrected chi connectivity index (χ2v) is 5.47. The Labute approximate surface area is 131 Å².